The van der Waals surface area contributed by atoms with Crippen LogP contribution in [0.4, 0.5) is 17.2 Å². The molecule has 0 atom stereocenters. The van der Waals surface area contributed by atoms with Gasteiger partial charge >= 0.3 is 0 Å². The van der Waals surface area contributed by atoms with Gasteiger partial charge in [-0.25, -0.2) is 0 Å². The van der Waals surface area contributed by atoms with Crippen LogP contribution in [-0.4, -0.2) is 10.2 Å². The van der Waals surface area contributed by atoms with E-state index in [1.807, 2.05) is 55.5 Å². The summed E-state index contributed by atoms with van der Waals surface area (Å²) in [5.41, 5.74) is 8.01. The fourth-order valence-electron chi connectivity index (χ4n) is 1.87. The first-order valence-electron chi connectivity index (χ1n) is 6.24. The molecule has 3 aromatic rings. The monoisotopic (exact) mass is 266 g/mol. The third kappa shape index (κ3) is 2.61. The Morgan fingerprint density at radius 2 is 1.95 bits per heavy atom. The topological polar surface area (TPSA) is 77.0 Å². The van der Waals surface area contributed by atoms with E-state index in [1.165, 1.54) is 0 Å². The first-order chi connectivity index (χ1) is 9.70. The number of nitrogens with zero attached hydrogens (tertiary/aromatic N) is 2. The van der Waals surface area contributed by atoms with Gasteiger partial charge in [-0.1, -0.05) is 6.07 Å². The summed E-state index contributed by atoms with van der Waals surface area (Å²) in [5.74, 6) is 2.22. The lowest BCUT2D eigenvalue weighted by atomic mass is 10.3. The lowest BCUT2D eigenvalue weighted by molar-refractivity contribution is 0.545. The molecule has 3 N–H and O–H groups in total. The summed E-state index contributed by atoms with van der Waals surface area (Å²) in [6.07, 6.45) is 0. The quantitative estimate of drug-likeness (QED) is 0.711. The summed E-state index contributed by atoms with van der Waals surface area (Å²) in [5, 5.41) is 11.4. The van der Waals surface area contributed by atoms with Gasteiger partial charge in [-0.2, -0.15) is 0 Å². The van der Waals surface area contributed by atoms with Crippen LogP contribution in [0.3, 0.4) is 0 Å². The van der Waals surface area contributed by atoms with E-state index in [9.17, 15) is 0 Å². The Bertz CT molecular complexity index is 719. The highest BCUT2D eigenvalue weighted by Crippen LogP contribution is 2.21. The van der Waals surface area contributed by atoms with Crippen LogP contribution in [0.15, 0.2) is 52.9 Å². The van der Waals surface area contributed by atoms with Gasteiger partial charge in [0.2, 0.25) is 0 Å². The van der Waals surface area contributed by atoms with Crippen LogP contribution >= 0.6 is 0 Å². The van der Waals surface area contributed by atoms with Crippen molar-refractivity contribution in [2.24, 2.45) is 0 Å². The third-order valence-corrected chi connectivity index (χ3v) is 2.82. The number of aryl methyl sites for hydroxylation is 1. The van der Waals surface area contributed by atoms with Crippen molar-refractivity contribution in [1.29, 1.82) is 0 Å². The van der Waals surface area contributed by atoms with E-state index in [2.05, 4.69) is 15.5 Å². The number of furan rings is 1. The number of rotatable bonds is 3. The molecule has 0 amide bonds. The average Bonchev–Trinajstić information content (AvgIpc) is 2.86. The summed E-state index contributed by atoms with van der Waals surface area (Å²) < 4.78 is 5.50. The first-order valence-corrected chi connectivity index (χ1v) is 6.24. The van der Waals surface area contributed by atoms with Gasteiger partial charge in [-0.05, 0) is 49.4 Å². The summed E-state index contributed by atoms with van der Waals surface area (Å²) in [6.45, 7) is 1.90. The van der Waals surface area contributed by atoms with E-state index >= 15 is 0 Å². The maximum Gasteiger partial charge on any atom is 0.154 e. The summed E-state index contributed by atoms with van der Waals surface area (Å²) in [4.78, 5) is 0. The van der Waals surface area contributed by atoms with E-state index < -0.39 is 0 Å². The largest absolute Gasteiger partial charge is 0.460 e. The molecule has 0 saturated carbocycles. The molecule has 0 aliphatic heterocycles. The molecule has 0 aliphatic carbocycles. The van der Waals surface area contributed by atoms with Gasteiger partial charge in [0.1, 0.15) is 11.5 Å². The van der Waals surface area contributed by atoms with Crippen LogP contribution in [0.25, 0.3) is 11.5 Å². The van der Waals surface area contributed by atoms with Gasteiger partial charge in [0.25, 0.3) is 0 Å². The predicted molar refractivity (Wildman–Crippen MR) is 78.6 cm³/mol. The fraction of sp³-hybridized carbons (Fsp3) is 0.0667. The Labute approximate surface area is 116 Å². The Kier molecular flexibility index (Phi) is 3.09. The molecule has 0 spiro atoms. The van der Waals surface area contributed by atoms with Crippen molar-refractivity contribution in [2.45, 2.75) is 6.92 Å². The number of hydrogen-bond donors (Lipinski definition) is 2. The van der Waals surface area contributed by atoms with Gasteiger partial charge in [-0.15, -0.1) is 10.2 Å². The van der Waals surface area contributed by atoms with Crippen LogP contribution in [0.2, 0.25) is 0 Å². The molecule has 0 radical (unpaired) electrons. The normalized spacial score (nSPS) is 10.4. The smallest absolute Gasteiger partial charge is 0.154 e. The zero-order valence-corrected chi connectivity index (χ0v) is 11.0. The predicted octanol–water partition coefficient (Wildman–Crippen LogP) is 3.37. The highest BCUT2D eigenvalue weighted by Gasteiger charge is 2.05. The highest BCUT2D eigenvalue weighted by molar-refractivity contribution is 5.62. The Balaban J connectivity index is 1.79. The highest BCUT2D eigenvalue weighted by atomic mass is 16.3. The van der Waals surface area contributed by atoms with Crippen molar-refractivity contribution in [1.82, 2.24) is 10.2 Å². The molecular formula is C15H14N4O. The minimum Gasteiger partial charge on any atom is -0.460 e. The zero-order chi connectivity index (χ0) is 13.9. The van der Waals surface area contributed by atoms with Crippen molar-refractivity contribution in [3.05, 3.63) is 54.3 Å². The summed E-state index contributed by atoms with van der Waals surface area (Å²) in [6, 6.07) is 15.0. The van der Waals surface area contributed by atoms with Crippen LogP contribution in [0.5, 0.6) is 0 Å². The second-order valence-electron chi connectivity index (χ2n) is 4.46. The van der Waals surface area contributed by atoms with Gasteiger partial charge in [0.05, 0.1) is 0 Å². The Morgan fingerprint density at radius 1 is 1.05 bits per heavy atom. The Morgan fingerprint density at radius 3 is 2.60 bits per heavy atom. The third-order valence-electron chi connectivity index (χ3n) is 2.82. The Hall–Kier alpha value is -2.82. The first kappa shape index (κ1) is 12.2. The van der Waals surface area contributed by atoms with E-state index in [4.69, 9.17) is 10.2 Å². The summed E-state index contributed by atoms with van der Waals surface area (Å²) in [7, 11) is 0. The van der Waals surface area contributed by atoms with Gasteiger partial charge in [-0.3, -0.25) is 0 Å². The summed E-state index contributed by atoms with van der Waals surface area (Å²) >= 11 is 0. The van der Waals surface area contributed by atoms with Crippen molar-refractivity contribution < 1.29 is 4.42 Å². The van der Waals surface area contributed by atoms with Gasteiger partial charge < -0.3 is 15.5 Å². The molecule has 0 saturated heterocycles. The lowest BCUT2D eigenvalue weighted by Gasteiger charge is -2.05. The van der Waals surface area contributed by atoms with Gasteiger partial charge in [0, 0.05) is 11.4 Å². The standard InChI is InChI=1S/C15H14N4O/c1-10-5-7-14(20-10)13-6-8-15(19-18-13)17-12-4-2-3-11(16)9-12/h2-9H,16H2,1H3,(H,17,19). The minimum absolute atomic E-state index is 0.655. The zero-order valence-electron chi connectivity index (χ0n) is 11.0. The number of nitrogens with two attached hydrogens (primary N) is 1. The second kappa shape index (κ2) is 5.05. The fourth-order valence-corrected chi connectivity index (χ4v) is 1.87. The van der Waals surface area contributed by atoms with Crippen LogP contribution in [-0.2, 0) is 0 Å². The molecule has 5 heteroatoms. The molecule has 20 heavy (non-hydrogen) atoms. The maximum absolute atomic E-state index is 5.73. The molecule has 100 valence electrons. The number of nitrogen functional groups attached to an aromatic ring is 1. The molecule has 2 aromatic heterocycles. The number of benzene rings is 1. The molecule has 0 aliphatic rings. The number of hydrogen-bond acceptors (Lipinski definition) is 5. The van der Waals surface area contributed by atoms with Gasteiger partial charge in [0.15, 0.2) is 11.6 Å². The number of anilines is 3. The number of aromatic nitrogens is 2. The van der Waals surface area contributed by atoms with Crippen LogP contribution in [0.1, 0.15) is 5.76 Å². The van der Waals surface area contributed by atoms with Crippen molar-refractivity contribution in [3.8, 4) is 11.5 Å². The molecule has 0 fully saturated rings. The maximum atomic E-state index is 5.73. The molecule has 2 heterocycles. The van der Waals surface area contributed by atoms with E-state index in [-0.39, 0.29) is 0 Å². The lowest BCUT2D eigenvalue weighted by Crippen LogP contribution is -1.96. The van der Waals surface area contributed by atoms with E-state index in [0.29, 0.717) is 23.0 Å². The molecule has 0 unspecified atom stereocenters. The molecular weight excluding hydrogens is 252 g/mol. The molecule has 1 aromatic carbocycles. The molecule has 0 bridgehead atoms. The average molecular weight is 266 g/mol. The van der Waals surface area contributed by atoms with Crippen molar-refractivity contribution >= 4 is 17.2 Å². The number of nitrogens with one attached hydrogen (secondary N) is 1. The van der Waals surface area contributed by atoms with Crippen LogP contribution < -0.4 is 11.1 Å². The second-order valence-corrected chi connectivity index (χ2v) is 4.46. The molecule has 5 nitrogen and oxygen atoms in total. The minimum atomic E-state index is 0.655. The van der Waals surface area contributed by atoms with Crippen molar-refractivity contribution in [2.75, 3.05) is 11.1 Å². The molecule has 3 rings (SSSR count). The van der Waals surface area contributed by atoms with Crippen molar-refractivity contribution in [3.63, 3.8) is 0 Å². The SMILES string of the molecule is Cc1ccc(-c2ccc(Nc3cccc(N)c3)nn2)o1. The van der Waals surface area contributed by atoms with E-state index in [1.54, 1.807) is 0 Å². The van der Waals surface area contributed by atoms with E-state index in [0.717, 1.165) is 11.4 Å². The van der Waals surface area contributed by atoms with Crippen LogP contribution in [0, 0.1) is 6.92 Å².